The fourth-order valence-electron chi connectivity index (χ4n) is 4.58. The first-order valence-corrected chi connectivity index (χ1v) is 12.5. The molecule has 10 heteroatoms. The van der Waals surface area contributed by atoms with E-state index in [2.05, 4.69) is 9.97 Å². The van der Waals surface area contributed by atoms with Crippen LogP contribution in [0.25, 0.3) is 11.5 Å². The summed E-state index contributed by atoms with van der Waals surface area (Å²) in [6, 6.07) is 7.91. The number of rotatable bonds is 6. The molecule has 1 aliphatic carbocycles. The minimum atomic E-state index is -1.12. The van der Waals surface area contributed by atoms with E-state index in [0.29, 0.717) is 46.7 Å². The number of pyridine rings is 4. The van der Waals surface area contributed by atoms with Gasteiger partial charge in [0.2, 0.25) is 0 Å². The predicted octanol–water partition coefficient (Wildman–Crippen LogP) is 4.45. The zero-order chi connectivity index (χ0) is 27.2. The normalized spacial score (nSPS) is 14.3. The van der Waals surface area contributed by atoms with Gasteiger partial charge in [-0.3, -0.25) is 23.7 Å². The second kappa shape index (κ2) is 9.81. The van der Waals surface area contributed by atoms with Gasteiger partial charge in [0.25, 0.3) is 11.1 Å². The van der Waals surface area contributed by atoms with E-state index in [4.69, 9.17) is 16.3 Å². The third-order valence-corrected chi connectivity index (χ3v) is 7.24. The maximum Gasteiger partial charge on any atom is 0.277 e. The van der Waals surface area contributed by atoms with Crippen molar-refractivity contribution in [1.29, 1.82) is 0 Å². The largest absolute Gasteiger partial charge is 0.485 e. The summed E-state index contributed by atoms with van der Waals surface area (Å²) in [6.07, 6.45) is 6.60. The first kappa shape index (κ1) is 25.8. The summed E-state index contributed by atoms with van der Waals surface area (Å²) in [7, 11) is 0. The Morgan fingerprint density at radius 3 is 2.55 bits per heavy atom. The topological polar surface area (TPSA) is 99.2 Å². The van der Waals surface area contributed by atoms with E-state index in [1.807, 2.05) is 0 Å². The molecule has 4 heterocycles. The molecule has 1 saturated carbocycles. The van der Waals surface area contributed by atoms with E-state index >= 15 is 0 Å². The molecule has 0 spiro atoms. The molecule has 0 radical (unpaired) electrons. The Morgan fingerprint density at radius 2 is 1.87 bits per heavy atom. The second-order valence-corrected chi connectivity index (χ2v) is 10.0. The van der Waals surface area contributed by atoms with Gasteiger partial charge in [0.15, 0.2) is 0 Å². The Morgan fingerprint density at radius 1 is 1.11 bits per heavy atom. The molecule has 0 aliphatic heterocycles. The highest BCUT2D eigenvalue weighted by atomic mass is 35.5. The maximum atomic E-state index is 14.2. The molecule has 0 atom stereocenters. The van der Waals surface area contributed by atoms with Gasteiger partial charge in [-0.2, -0.15) is 0 Å². The van der Waals surface area contributed by atoms with Crippen LogP contribution in [0, 0.1) is 26.6 Å². The van der Waals surface area contributed by atoms with Crippen LogP contribution < -0.4 is 15.9 Å². The highest BCUT2D eigenvalue weighted by Crippen LogP contribution is 2.39. The minimum Gasteiger partial charge on any atom is -0.485 e. The Labute approximate surface area is 223 Å². The zero-order valence-electron chi connectivity index (χ0n) is 21.2. The molecule has 5 rings (SSSR count). The Hall–Kier alpha value is -3.82. The number of halogens is 2. The van der Waals surface area contributed by atoms with E-state index in [0.717, 1.165) is 6.42 Å². The van der Waals surface area contributed by atoms with Crippen molar-refractivity contribution in [2.24, 2.45) is 0 Å². The summed E-state index contributed by atoms with van der Waals surface area (Å²) in [5, 5.41) is 10.6. The standard InChI is InChI=1S/C28H26ClFN4O4/c1-16-10-20(30)21(31-13-16)15-38-23-11-18(3)34(27(36)25(23)29)22-12-24(32-14-17(22)2)33-9-4-6-19(26(33)35)28(37)7-5-8-28/h4,6,9-14,37H,5,7-8,15H2,1-3H3. The fraction of sp³-hybridized carbons (Fsp3) is 0.286. The summed E-state index contributed by atoms with van der Waals surface area (Å²) in [5.41, 5.74) is 0.758. The van der Waals surface area contributed by atoms with E-state index in [9.17, 15) is 19.1 Å². The van der Waals surface area contributed by atoms with Gasteiger partial charge in [-0.15, -0.1) is 0 Å². The van der Waals surface area contributed by atoms with Crippen LogP contribution in [0.3, 0.4) is 0 Å². The van der Waals surface area contributed by atoms with Crippen LogP contribution in [0.15, 0.2) is 58.5 Å². The van der Waals surface area contributed by atoms with Crippen LogP contribution in [-0.4, -0.2) is 24.2 Å². The van der Waals surface area contributed by atoms with Crippen molar-refractivity contribution in [1.82, 2.24) is 19.1 Å². The molecule has 196 valence electrons. The second-order valence-electron chi connectivity index (χ2n) is 9.65. The monoisotopic (exact) mass is 536 g/mol. The first-order chi connectivity index (χ1) is 18.1. The van der Waals surface area contributed by atoms with Crippen molar-refractivity contribution in [2.45, 2.75) is 52.2 Å². The lowest BCUT2D eigenvalue weighted by atomic mass is 9.75. The first-order valence-electron chi connectivity index (χ1n) is 12.2. The number of nitrogens with zero attached hydrogens (tertiary/aromatic N) is 4. The van der Waals surface area contributed by atoms with Gasteiger partial charge >= 0.3 is 0 Å². The van der Waals surface area contributed by atoms with E-state index in [1.54, 1.807) is 57.4 Å². The molecular formula is C28H26ClFN4O4. The Balaban J connectivity index is 1.52. The predicted molar refractivity (Wildman–Crippen MR) is 141 cm³/mol. The average molecular weight is 537 g/mol. The van der Waals surface area contributed by atoms with Crippen molar-refractivity contribution in [3.05, 3.63) is 109 Å². The van der Waals surface area contributed by atoms with Gasteiger partial charge in [0, 0.05) is 42.0 Å². The number of aromatic nitrogens is 4. The van der Waals surface area contributed by atoms with Crippen LogP contribution in [0.2, 0.25) is 5.02 Å². The molecule has 0 bridgehead atoms. The number of aryl methyl sites for hydroxylation is 3. The molecule has 0 unspecified atom stereocenters. The van der Waals surface area contributed by atoms with Gasteiger partial charge < -0.3 is 9.84 Å². The van der Waals surface area contributed by atoms with Crippen molar-refractivity contribution in [3.63, 3.8) is 0 Å². The highest BCUT2D eigenvalue weighted by molar-refractivity contribution is 6.31. The van der Waals surface area contributed by atoms with Crippen LogP contribution in [0.5, 0.6) is 5.75 Å². The number of aliphatic hydroxyl groups is 1. The molecule has 1 fully saturated rings. The van der Waals surface area contributed by atoms with Crippen molar-refractivity contribution in [3.8, 4) is 17.3 Å². The molecule has 38 heavy (non-hydrogen) atoms. The smallest absolute Gasteiger partial charge is 0.277 e. The number of hydrogen-bond acceptors (Lipinski definition) is 6. The summed E-state index contributed by atoms with van der Waals surface area (Å²) in [5.74, 6) is -0.101. The van der Waals surface area contributed by atoms with E-state index in [-0.39, 0.29) is 28.6 Å². The highest BCUT2D eigenvalue weighted by Gasteiger charge is 2.38. The number of hydrogen-bond donors (Lipinski definition) is 1. The molecular weight excluding hydrogens is 511 g/mol. The SMILES string of the molecule is Cc1cnc(COc2cc(C)n(-c3cc(-n4cccc(C5(O)CCC5)c4=O)ncc3C)c(=O)c2Cl)c(F)c1. The van der Waals surface area contributed by atoms with Crippen LogP contribution >= 0.6 is 11.6 Å². The molecule has 0 amide bonds. The molecule has 1 N–H and O–H groups in total. The number of ether oxygens (including phenoxy) is 1. The molecule has 1 aliphatic rings. The van der Waals surface area contributed by atoms with Gasteiger partial charge in [-0.05, 0) is 69.4 Å². The average Bonchev–Trinajstić information content (AvgIpc) is 2.86. The summed E-state index contributed by atoms with van der Waals surface area (Å²) < 4.78 is 22.6. The quantitative estimate of drug-likeness (QED) is 0.391. The van der Waals surface area contributed by atoms with E-state index < -0.39 is 17.0 Å². The Kier molecular flexibility index (Phi) is 6.66. The molecule has 0 saturated heterocycles. The summed E-state index contributed by atoms with van der Waals surface area (Å²) in [6.45, 7) is 5.04. The van der Waals surface area contributed by atoms with Crippen LogP contribution in [0.1, 0.15) is 47.3 Å². The Bertz CT molecular complexity index is 1680. The van der Waals surface area contributed by atoms with Gasteiger partial charge in [0.1, 0.15) is 34.7 Å². The third kappa shape index (κ3) is 4.52. The molecule has 0 aromatic carbocycles. The lowest BCUT2D eigenvalue weighted by Gasteiger charge is -2.36. The lowest BCUT2D eigenvalue weighted by Crippen LogP contribution is -2.40. The fourth-order valence-corrected chi connectivity index (χ4v) is 4.78. The van der Waals surface area contributed by atoms with Crippen molar-refractivity contribution < 1.29 is 14.2 Å². The minimum absolute atomic E-state index is 0.0994. The van der Waals surface area contributed by atoms with Gasteiger partial charge in [-0.1, -0.05) is 11.6 Å². The van der Waals surface area contributed by atoms with Gasteiger partial charge in [-0.25, -0.2) is 9.37 Å². The summed E-state index contributed by atoms with van der Waals surface area (Å²) >= 11 is 6.41. The molecule has 8 nitrogen and oxygen atoms in total. The summed E-state index contributed by atoms with van der Waals surface area (Å²) in [4.78, 5) is 35.1. The lowest BCUT2D eigenvalue weighted by molar-refractivity contribution is -0.0402. The van der Waals surface area contributed by atoms with Crippen molar-refractivity contribution in [2.75, 3.05) is 0 Å². The zero-order valence-corrected chi connectivity index (χ0v) is 21.9. The van der Waals surface area contributed by atoms with E-state index in [1.165, 1.54) is 21.4 Å². The van der Waals surface area contributed by atoms with Gasteiger partial charge in [0.05, 0.1) is 11.3 Å². The van der Waals surface area contributed by atoms with Crippen LogP contribution in [-0.2, 0) is 12.2 Å². The third-order valence-electron chi connectivity index (χ3n) is 6.90. The maximum absolute atomic E-state index is 14.2. The van der Waals surface area contributed by atoms with Crippen molar-refractivity contribution >= 4 is 11.6 Å². The van der Waals surface area contributed by atoms with Crippen LogP contribution in [0.4, 0.5) is 4.39 Å². The molecule has 4 aromatic rings. The molecule has 4 aromatic heterocycles.